The zero-order valence-electron chi connectivity index (χ0n) is 10.9. The molecule has 0 aliphatic rings. The molecule has 0 heterocycles. The predicted octanol–water partition coefficient (Wildman–Crippen LogP) is 4.01. The minimum Gasteiger partial charge on any atom is -0.299 e. The van der Waals surface area contributed by atoms with Crippen molar-refractivity contribution in [3.63, 3.8) is 0 Å². The molecule has 0 unspecified atom stereocenters. The number of carbonyl (C=O) groups is 1. The zero-order valence-corrected chi connectivity index (χ0v) is 10.9. The molecule has 0 bridgehead atoms. The normalized spacial score (nSPS) is 11.8. The number of hydrogen-bond acceptors (Lipinski definition) is 1. The van der Waals surface area contributed by atoms with Crippen LogP contribution in [0, 0.1) is 6.92 Å². The van der Waals surface area contributed by atoms with E-state index in [1.807, 2.05) is 13.8 Å². The molecule has 0 atom stereocenters. The number of carbonyl (C=O) groups excluding carboxylic acids is 1. The van der Waals surface area contributed by atoms with Gasteiger partial charge in [-0.2, -0.15) is 0 Å². The first kappa shape index (κ1) is 11.8. The average Bonchev–Trinajstić information content (AvgIpc) is 2.28. The first-order valence-corrected chi connectivity index (χ1v) is 5.93. The van der Waals surface area contributed by atoms with Gasteiger partial charge in [0.05, 0.1) is 0 Å². The van der Waals surface area contributed by atoms with Crippen LogP contribution in [0.4, 0.5) is 0 Å². The summed E-state index contributed by atoms with van der Waals surface area (Å²) in [7, 11) is 0. The third-order valence-corrected chi connectivity index (χ3v) is 3.60. The van der Waals surface area contributed by atoms with Crippen molar-refractivity contribution in [3.05, 3.63) is 47.5 Å². The number of benzene rings is 2. The summed E-state index contributed by atoms with van der Waals surface area (Å²) >= 11 is 0. The lowest BCUT2D eigenvalue weighted by molar-refractivity contribution is -0.121. The van der Waals surface area contributed by atoms with E-state index in [1.165, 1.54) is 16.3 Å². The van der Waals surface area contributed by atoms with Gasteiger partial charge < -0.3 is 0 Å². The summed E-state index contributed by atoms with van der Waals surface area (Å²) in [5, 5.41) is 2.43. The van der Waals surface area contributed by atoms with Crippen LogP contribution in [0.3, 0.4) is 0 Å². The van der Waals surface area contributed by atoms with E-state index in [2.05, 4.69) is 43.3 Å². The smallest absolute Gasteiger partial charge is 0.139 e. The number of aryl methyl sites for hydroxylation is 1. The Balaban J connectivity index is 2.59. The van der Waals surface area contributed by atoms with Crippen LogP contribution in [0.1, 0.15) is 31.9 Å². The summed E-state index contributed by atoms with van der Waals surface area (Å²) in [6, 6.07) is 12.7. The number of rotatable bonds is 2. The van der Waals surface area contributed by atoms with Crippen LogP contribution >= 0.6 is 0 Å². The molecule has 0 N–H and O–H groups in total. The molecule has 2 rings (SSSR count). The summed E-state index contributed by atoms with van der Waals surface area (Å²) in [6.07, 6.45) is 0. The lowest BCUT2D eigenvalue weighted by atomic mass is 9.80. The Morgan fingerprint density at radius 3 is 2.24 bits per heavy atom. The van der Waals surface area contributed by atoms with Crippen LogP contribution in [0.2, 0.25) is 0 Å². The number of ketones is 1. The molecule has 0 aliphatic heterocycles. The van der Waals surface area contributed by atoms with Crippen molar-refractivity contribution in [2.24, 2.45) is 0 Å². The Labute approximate surface area is 102 Å². The van der Waals surface area contributed by atoms with E-state index in [4.69, 9.17) is 0 Å². The molecule has 0 aromatic heterocycles. The van der Waals surface area contributed by atoms with Crippen molar-refractivity contribution in [2.75, 3.05) is 0 Å². The molecule has 2 aromatic rings. The maximum atomic E-state index is 11.7. The molecule has 0 saturated heterocycles. The van der Waals surface area contributed by atoms with E-state index in [0.29, 0.717) is 0 Å². The van der Waals surface area contributed by atoms with Gasteiger partial charge in [-0.25, -0.2) is 0 Å². The third-order valence-electron chi connectivity index (χ3n) is 3.60. The molecular formula is C16H18O. The van der Waals surface area contributed by atoms with E-state index >= 15 is 0 Å². The molecule has 0 aliphatic carbocycles. The van der Waals surface area contributed by atoms with E-state index in [1.54, 1.807) is 6.92 Å². The number of hydrogen-bond donors (Lipinski definition) is 0. The molecular weight excluding hydrogens is 208 g/mol. The fourth-order valence-electron chi connectivity index (χ4n) is 1.96. The van der Waals surface area contributed by atoms with Gasteiger partial charge >= 0.3 is 0 Å². The molecule has 1 heteroatoms. The lowest BCUT2D eigenvalue weighted by Crippen LogP contribution is -2.26. The Bertz CT molecular complexity index is 579. The number of fused-ring (bicyclic) bond motifs is 1. The van der Waals surface area contributed by atoms with Gasteiger partial charge in [0.15, 0.2) is 0 Å². The van der Waals surface area contributed by atoms with E-state index < -0.39 is 5.41 Å². The largest absolute Gasteiger partial charge is 0.299 e. The molecule has 2 aromatic carbocycles. The highest BCUT2D eigenvalue weighted by Gasteiger charge is 2.25. The Kier molecular flexibility index (Phi) is 2.78. The van der Waals surface area contributed by atoms with Crippen molar-refractivity contribution in [1.82, 2.24) is 0 Å². The lowest BCUT2D eigenvalue weighted by Gasteiger charge is -2.22. The third kappa shape index (κ3) is 2.10. The van der Waals surface area contributed by atoms with Gasteiger partial charge in [0.25, 0.3) is 0 Å². The highest BCUT2D eigenvalue weighted by Crippen LogP contribution is 2.27. The first-order valence-electron chi connectivity index (χ1n) is 5.93. The molecule has 0 radical (unpaired) electrons. The van der Waals surface area contributed by atoms with Crippen LogP contribution < -0.4 is 0 Å². The fourth-order valence-corrected chi connectivity index (χ4v) is 1.96. The maximum Gasteiger partial charge on any atom is 0.139 e. The molecule has 0 fully saturated rings. The maximum absolute atomic E-state index is 11.7. The van der Waals surface area contributed by atoms with Crippen molar-refractivity contribution in [2.45, 2.75) is 33.1 Å². The second-order valence-electron chi connectivity index (χ2n) is 5.25. The zero-order chi connectivity index (χ0) is 12.6. The van der Waals surface area contributed by atoms with Gasteiger partial charge in [0.1, 0.15) is 5.78 Å². The highest BCUT2D eigenvalue weighted by molar-refractivity contribution is 5.90. The highest BCUT2D eigenvalue weighted by atomic mass is 16.1. The average molecular weight is 226 g/mol. The van der Waals surface area contributed by atoms with Crippen LogP contribution in [0.5, 0.6) is 0 Å². The van der Waals surface area contributed by atoms with Crippen molar-refractivity contribution in [3.8, 4) is 0 Å². The summed E-state index contributed by atoms with van der Waals surface area (Å²) < 4.78 is 0. The van der Waals surface area contributed by atoms with E-state index in [0.717, 1.165) is 5.56 Å². The number of Topliss-reactive ketones (excluding diaryl/α,β-unsaturated/α-hetero) is 1. The summed E-state index contributed by atoms with van der Waals surface area (Å²) in [5.41, 5.74) is 1.94. The van der Waals surface area contributed by atoms with E-state index in [9.17, 15) is 4.79 Å². The minimum absolute atomic E-state index is 0.198. The van der Waals surface area contributed by atoms with Crippen LogP contribution in [-0.4, -0.2) is 5.78 Å². The van der Waals surface area contributed by atoms with E-state index in [-0.39, 0.29) is 5.78 Å². The standard InChI is InChI=1S/C16H18O/c1-11-5-6-14-10-15(8-7-13(14)9-11)16(3,4)12(2)17/h5-10H,1-4H3. The molecule has 0 amide bonds. The summed E-state index contributed by atoms with van der Waals surface area (Å²) in [6.45, 7) is 7.70. The SMILES string of the molecule is CC(=O)C(C)(C)c1ccc2cc(C)ccc2c1. The van der Waals surface area contributed by atoms with Gasteiger partial charge in [-0.05, 0) is 44.0 Å². The predicted molar refractivity (Wildman–Crippen MR) is 72.4 cm³/mol. The summed E-state index contributed by atoms with van der Waals surface area (Å²) in [5.74, 6) is 0.198. The topological polar surface area (TPSA) is 17.1 Å². The minimum atomic E-state index is -0.404. The second kappa shape index (κ2) is 3.99. The van der Waals surface area contributed by atoms with Crippen LogP contribution in [0.15, 0.2) is 36.4 Å². The Hall–Kier alpha value is -1.63. The molecule has 17 heavy (non-hydrogen) atoms. The van der Waals surface area contributed by atoms with Gasteiger partial charge in [-0.15, -0.1) is 0 Å². The van der Waals surface area contributed by atoms with Gasteiger partial charge in [-0.1, -0.05) is 42.0 Å². The Morgan fingerprint density at radius 2 is 1.59 bits per heavy atom. The summed E-state index contributed by atoms with van der Waals surface area (Å²) in [4.78, 5) is 11.7. The molecule has 0 saturated carbocycles. The van der Waals surface area contributed by atoms with Gasteiger partial charge in [0, 0.05) is 5.41 Å². The monoisotopic (exact) mass is 226 g/mol. The van der Waals surface area contributed by atoms with Crippen molar-refractivity contribution < 1.29 is 4.79 Å². The molecule has 88 valence electrons. The van der Waals surface area contributed by atoms with Crippen molar-refractivity contribution in [1.29, 1.82) is 0 Å². The quantitative estimate of drug-likeness (QED) is 0.756. The van der Waals surface area contributed by atoms with Gasteiger partial charge in [0.2, 0.25) is 0 Å². The molecule has 0 spiro atoms. The van der Waals surface area contributed by atoms with Gasteiger partial charge in [-0.3, -0.25) is 4.79 Å². The van der Waals surface area contributed by atoms with Crippen LogP contribution in [-0.2, 0) is 10.2 Å². The fraction of sp³-hybridized carbons (Fsp3) is 0.312. The van der Waals surface area contributed by atoms with Crippen molar-refractivity contribution >= 4 is 16.6 Å². The second-order valence-corrected chi connectivity index (χ2v) is 5.25. The molecule has 1 nitrogen and oxygen atoms in total. The first-order chi connectivity index (χ1) is 7.91. The Morgan fingerprint density at radius 1 is 1.00 bits per heavy atom. The van der Waals surface area contributed by atoms with Crippen LogP contribution in [0.25, 0.3) is 10.8 Å².